The number of nitrogens with one attached hydrogen (secondary N) is 1. The molecule has 1 aromatic carbocycles. The number of carbonyl (C=O) groups is 1. The molecule has 2 rings (SSSR count). The summed E-state index contributed by atoms with van der Waals surface area (Å²) >= 11 is 0. The van der Waals surface area contributed by atoms with Crippen LogP contribution in [0.25, 0.3) is 10.9 Å². The fraction of sp³-hybridized carbons (Fsp3) is 0.250. The lowest BCUT2D eigenvalue weighted by molar-refractivity contribution is 0.0861. The molecule has 3 nitrogen and oxygen atoms in total. The van der Waals surface area contributed by atoms with Gasteiger partial charge in [0.05, 0.1) is 5.56 Å². The maximum Gasteiger partial charge on any atom is 0.281 e. The first-order valence-corrected chi connectivity index (χ1v) is 5.15. The Hall–Kier alpha value is -1.84. The van der Waals surface area contributed by atoms with E-state index in [4.69, 9.17) is 0 Å². The average Bonchev–Trinajstić information content (AvgIpc) is 2.67. The third-order valence-electron chi connectivity index (χ3n) is 2.63. The molecule has 0 unspecified atom stereocenters. The number of hydrogen-bond donors (Lipinski definition) is 1. The molecule has 0 radical (unpaired) electrons. The van der Waals surface area contributed by atoms with E-state index in [1.165, 1.54) is 5.54 Å². The second kappa shape index (κ2) is 3.96. The largest absolute Gasteiger partial charge is 0.344 e. The highest BCUT2D eigenvalue weighted by Gasteiger charge is 2.15. The summed E-state index contributed by atoms with van der Waals surface area (Å²) < 4.78 is 14.2. The maximum atomic E-state index is 12.2. The highest BCUT2D eigenvalue weighted by molar-refractivity contribution is 6.06. The van der Waals surface area contributed by atoms with Crippen molar-refractivity contribution in [2.45, 2.75) is 19.9 Å². The van der Waals surface area contributed by atoms with Crippen LogP contribution in [0.5, 0.6) is 0 Å². The number of aromatic nitrogens is 1. The van der Waals surface area contributed by atoms with Crippen molar-refractivity contribution in [2.24, 2.45) is 0 Å². The lowest BCUT2D eigenvalue weighted by Crippen LogP contribution is -2.13. The third kappa shape index (κ3) is 1.56. The number of hydrogen-bond acceptors (Lipinski definition) is 1. The summed E-state index contributed by atoms with van der Waals surface area (Å²) in [6, 6.07) is 7.70. The van der Waals surface area contributed by atoms with E-state index >= 15 is 0 Å². The van der Waals surface area contributed by atoms with Gasteiger partial charge in [0.15, 0.2) is 0 Å². The van der Waals surface area contributed by atoms with Crippen molar-refractivity contribution in [2.75, 3.05) is 0 Å². The molecule has 0 bridgehead atoms. The zero-order valence-electron chi connectivity index (χ0n) is 9.20. The number of para-hydroxylation sites is 1. The van der Waals surface area contributed by atoms with Crippen molar-refractivity contribution < 1.29 is 9.28 Å². The Morgan fingerprint density at radius 1 is 1.38 bits per heavy atom. The number of halogens is 1. The number of nitrogens with zero attached hydrogens (tertiary/aromatic N) is 1. The van der Waals surface area contributed by atoms with Gasteiger partial charge in [0.1, 0.15) is 0 Å². The van der Waals surface area contributed by atoms with Crippen molar-refractivity contribution in [3.8, 4) is 0 Å². The zero-order valence-corrected chi connectivity index (χ0v) is 9.20. The van der Waals surface area contributed by atoms with E-state index in [0.717, 1.165) is 10.9 Å². The van der Waals surface area contributed by atoms with Crippen LogP contribution >= 0.6 is 0 Å². The summed E-state index contributed by atoms with van der Waals surface area (Å²) in [6.07, 6.45) is 1.68. The lowest BCUT2D eigenvalue weighted by atomic mass is 10.2. The first-order chi connectivity index (χ1) is 7.65. The lowest BCUT2D eigenvalue weighted by Gasteiger charge is -2.08. The van der Waals surface area contributed by atoms with E-state index in [0.29, 0.717) is 5.56 Å². The summed E-state index contributed by atoms with van der Waals surface area (Å²) in [4.78, 5) is 11.4. The first-order valence-electron chi connectivity index (χ1n) is 5.15. The normalized spacial score (nSPS) is 11.0. The van der Waals surface area contributed by atoms with Crippen LogP contribution in [0.1, 0.15) is 30.2 Å². The molecule has 2 aromatic rings. The summed E-state index contributed by atoms with van der Waals surface area (Å²) in [7, 11) is 0. The van der Waals surface area contributed by atoms with Gasteiger partial charge in [-0.3, -0.25) is 4.79 Å². The molecule has 0 saturated carbocycles. The number of amides is 1. The standard InChI is InChI=1S/C12H13FN2O/c1-8(2)15-7-10(12(16)14-13)9-5-3-4-6-11(9)15/h3-8H,1-2H3,(H,14,16). The van der Waals surface area contributed by atoms with E-state index in [1.54, 1.807) is 6.20 Å². The number of fused-ring (bicyclic) bond motifs is 1. The van der Waals surface area contributed by atoms with Crippen LogP contribution in [0.3, 0.4) is 0 Å². The molecule has 0 atom stereocenters. The van der Waals surface area contributed by atoms with E-state index in [9.17, 15) is 9.28 Å². The Morgan fingerprint density at radius 2 is 2.06 bits per heavy atom. The van der Waals surface area contributed by atoms with Gasteiger partial charge in [-0.1, -0.05) is 22.7 Å². The molecule has 1 heterocycles. The molecule has 0 saturated heterocycles. The van der Waals surface area contributed by atoms with Crippen LogP contribution in [-0.4, -0.2) is 10.5 Å². The monoisotopic (exact) mass is 220 g/mol. The number of carbonyl (C=O) groups excluding carboxylic acids is 1. The SMILES string of the molecule is CC(C)n1cc(C(=O)NF)c2ccccc21. The predicted molar refractivity (Wildman–Crippen MR) is 60.9 cm³/mol. The van der Waals surface area contributed by atoms with Crippen molar-refractivity contribution >= 4 is 16.8 Å². The fourth-order valence-electron chi connectivity index (χ4n) is 1.86. The molecule has 1 amide bonds. The molecule has 1 aromatic heterocycles. The Balaban J connectivity index is 2.71. The second-order valence-electron chi connectivity index (χ2n) is 3.98. The fourth-order valence-corrected chi connectivity index (χ4v) is 1.86. The van der Waals surface area contributed by atoms with Crippen LogP contribution in [-0.2, 0) is 0 Å². The summed E-state index contributed by atoms with van der Waals surface area (Å²) in [5, 5.41) is 0.770. The first kappa shape index (κ1) is 10.7. The van der Waals surface area contributed by atoms with E-state index < -0.39 is 5.91 Å². The topological polar surface area (TPSA) is 34.0 Å². The van der Waals surface area contributed by atoms with Crippen LogP contribution in [0.2, 0.25) is 0 Å². The third-order valence-corrected chi connectivity index (χ3v) is 2.63. The minimum absolute atomic E-state index is 0.228. The van der Waals surface area contributed by atoms with Gasteiger partial charge >= 0.3 is 0 Å². The van der Waals surface area contributed by atoms with E-state index in [-0.39, 0.29) is 6.04 Å². The Morgan fingerprint density at radius 3 is 2.69 bits per heavy atom. The second-order valence-corrected chi connectivity index (χ2v) is 3.98. The highest BCUT2D eigenvalue weighted by Crippen LogP contribution is 2.24. The Labute approximate surface area is 92.8 Å². The Kier molecular flexibility index (Phi) is 2.64. The van der Waals surface area contributed by atoms with E-state index in [1.807, 2.05) is 42.7 Å². The van der Waals surface area contributed by atoms with Crippen LogP contribution in [0, 0.1) is 0 Å². The summed E-state index contributed by atoms with van der Waals surface area (Å²) in [5.41, 5.74) is 2.48. The van der Waals surface area contributed by atoms with Gasteiger partial charge in [0, 0.05) is 23.1 Å². The predicted octanol–water partition coefficient (Wildman–Crippen LogP) is 2.84. The van der Waals surface area contributed by atoms with Crippen LogP contribution in [0.4, 0.5) is 4.48 Å². The number of rotatable bonds is 2. The molecule has 0 spiro atoms. The molecule has 0 aliphatic rings. The smallest absolute Gasteiger partial charge is 0.281 e. The van der Waals surface area contributed by atoms with Crippen LogP contribution in [0.15, 0.2) is 30.5 Å². The van der Waals surface area contributed by atoms with Gasteiger partial charge < -0.3 is 4.57 Å². The molecule has 1 N–H and O–H groups in total. The van der Waals surface area contributed by atoms with Gasteiger partial charge in [-0.2, -0.15) is 5.54 Å². The molecule has 4 heteroatoms. The van der Waals surface area contributed by atoms with Crippen molar-refractivity contribution in [1.29, 1.82) is 0 Å². The van der Waals surface area contributed by atoms with Crippen molar-refractivity contribution in [3.63, 3.8) is 0 Å². The minimum Gasteiger partial charge on any atom is -0.344 e. The minimum atomic E-state index is -0.699. The van der Waals surface area contributed by atoms with Gasteiger partial charge in [0.2, 0.25) is 0 Å². The molecule has 0 aliphatic carbocycles. The van der Waals surface area contributed by atoms with E-state index in [2.05, 4.69) is 0 Å². The highest BCUT2D eigenvalue weighted by atomic mass is 19.2. The summed E-state index contributed by atoms with van der Waals surface area (Å²) in [5.74, 6) is -0.699. The van der Waals surface area contributed by atoms with Gasteiger partial charge in [0.25, 0.3) is 5.91 Å². The summed E-state index contributed by atoms with van der Waals surface area (Å²) in [6.45, 7) is 4.03. The van der Waals surface area contributed by atoms with Crippen LogP contribution < -0.4 is 5.54 Å². The maximum absolute atomic E-state index is 12.2. The molecular weight excluding hydrogens is 207 g/mol. The molecule has 16 heavy (non-hydrogen) atoms. The Bertz CT molecular complexity index is 531. The van der Waals surface area contributed by atoms with Gasteiger partial charge in [-0.15, -0.1) is 0 Å². The average molecular weight is 220 g/mol. The quantitative estimate of drug-likeness (QED) is 0.776. The molecular formula is C12H13FN2O. The van der Waals surface area contributed by atoms with Gasteiger partial charge in [-0.25, -0.2) is 0 Å². The molecule has 84 valence electrons. The van der Waals surface area contributed by atoms with Crippen molar-refractivity contribution in [3.05, 3.63) is 36.0 Å². The zero-order chi connectivity index (χ0) is 11.7. The molecule has 0 aliphatic heterocycles. The number of benzene rings is 1. The van der Waals surface area contributed by atoms with Gasteiger partial charge in [-0.05, 0) is 19.9 Å². The molecule has 0 fully saturated rings. The van der Waals surface area contributed by atoms with Crippen molar-refractivity contribution in [1.82, 2.24) is 10.1 Å².